The Bertz CT molecular complexity index is 1060. The summed E-state index contributed by atoms with van der Waals surface area (Å²) in [7, 11) is 0. The molecular formula is C26H28ClFN2O3. The molecule has 174 valence electrons. The molecule has 0 spiro atoms. The highest BCUT2D eigenvalue weighted by Crippen LogP contribution is 2.36. The first-order valence-corrected chi connectivity index (χ1v) is 11.2. The predicted molar refractivity (Wildman–Crippen MR) is 130 cm³/mol. The second kappa shape index (κ2) is 12.2. The highest BCUT2D eigenvalue weighted by atomic mass is 35.5. The lowest BCUT2D eigenvalue weighted by atomic mass is 10.1. The molecule has 0 radical (unpaired) electrons. The minimum atomic E-state index is -0.288. The van der Waals surface area contributed by atoms with Gasteiger partial charge in [-0.15, -0.1) is 0 Å². The molecule has 3 rings (SSSR count). The van der Waals surface area contributed by atoms with Crippen LogP contribution in [-0.2, 0) is 17.8 Å². The molecule has 0 unspecified atom stereocenters. The van der Waals surface area contributed by atoms with E-state index < -0.39 is 0 Å². The molecular weight excluding hydrogens is 443 g/mol. The van der Waals surface area contributed by atoms with Crippen LogP contribution in [0.1, 0.15) is 23.6 Å². The third-order valence-corrected chi connectivity index (χ3v) is 5.17. The average Bonchev–Trinajstić information content (AvgIpc) is 2.79. The van der Waals surface area contributed by atoms with Crippen LogP contribution < -0.4 is 20.1 Å². The fraction of sp³-hybridized carbons (Fsp3) is 0.269. The van der Waals surface area contributed by atoms with Crippen molar-refractivity contribution in [3.63, 3.8) is 0 Å². The van der Waals surface area contributed by atoms with E-state index in [2.05, 4.69) is 10.6 Å². The lowest BCUT2D eigenvalue weighted by Gasteiger charge is -2.15. The molecule has 0 aliphatic rings. The summed E-state index contributed by atoms with van der Waals surface area (Å²) in [5.74, 6) is 0.305. The van der Waals surface area contributed by atoms with Gasteiger partial charge in [-0.3, -0.25) is 4.79 Å². The highest BCUT2D eigenvalue weighted by Gasteiger charge is 2.14. The van der Waals surface area contributed by atoms with E-state index in [9.17, 15) is 9.18 Å². The molecule has 0 aliphatic carbocycles. The number of ether oxygens (including phenoxy) is 2. The van der Waals surface area contributed by atoms with E-state index in [-0.39, 0.29) is 18.3 Å². The molecule has 0 saturated heterocycles. The first kappa shape index (κ1) is 24.6. The fourth-order valence-corrected chi connectivity index (χ4v) is 3.50. The minimum Gasteiger partial charge on any atom is -0.490 e. The molecule has 3 aromatic carbocycles. The van der Waals surface area contributed by atoms with Gasteiger partial charge in [-0.1, -0.05) is 41.4 Å². The summed E-state index contributed by atoms with van der Waals surface area (Å²) in [4.78, 5) is 12.3. The van der Waals surface area contributed by atoms with Crippen molar-refractivity contribution in [1.82, 2.24) is 5.32 Å². The maximum absolute atomic E-state index is 13.0. The van der Waals surface area contributed by atoms with E-state index in [1.807, 2.05) is 44.2 Å². The van der Waals surface area contributed by atoms with Gasteiger partial charge in [0.25, 0.3) is 5.91 Å². The van der Waals surface area contributed by atoms with Crippen LogP contribution in [0.2, 0.25) is 5.02 Å². The zero-order valence-electron chi connectivity index (χ0n) is 18.8. The molecule has 0 bridgehead atoms. The van der Waals surface area contributed by atoms with Gasteiger partial charge in [0.05, 0.1) is 11.6 Å². The molecule has 1 amide bonds. The molecule has 0 fully saturated rings. The zero-order valence-corrected chi connectivity index (χ0v) is 19.5. The van der Waals surface area contributed by atoms with Gasteiger partial charge in [0.15, 0.2) is 18.1 Å². The van der Waals surface area contributed by atoms with Crippen molar-refractivity contribution in [2.75, 3.05) is 25.1 Å². The number of halogens is 2. The van der Waals surface area contributed by atoms with Crippen LogP contribution in [0.15, 0.2) is 60.7 Å². The van der Waals surface area contributed by atoms with E-state index in [1.54, 1.807) is 18.2 Å². The van der Waals surface area contributed by atoms with Gasteiger partial charge in [0, 0.05) is 12.2 Å². The smallest absolute Gasteiger partial charge is 0.262 e. The monoisotopic (exact) mass is 470 g/mol. The molecule has 0 aromatic heterocycles. The summed E-state index contributed by atoms with van der Waals surface area (Å²) in [5, 5.41) is 6.52. The number of rotatable bonds is 11. The number of hydrogen-bond donors (Lipinski definition) is 2. The molecule has 2 N–H and O–H groups in total. The largest absolute Gasteiger partial charge is 0.490 e. The van der Waals surface area contributed by atoms with Crippen molar-refractivity contribution in [3.8, 4) is 11.5 Å². The Labute approximate surface area is 198 Å². The molecule has 33 heavy (non-hydrogen) atoms. The molecule has 7 heteroatoms. The Morgan fingerprint density at radius 1 is 1.00 bits per heavy atom. The van der Waals surface area contributed by atoms with Crippen LogP contribution in [-0.4, -0.2) is 25.7 Å². The Balaban J connectivity index is 1.56. The van der Waals surface area contributed by atoms with Crippen LogP contribution in [0.25, 0.3) is 0 Å². The third kappa shape index (κ3) is 7.77. The number of carbonyl (C=O) groups is 1. The lowest BCUT2D eigenvalue weighted by molar-refractivity contribution is -0.118. The lowest BCUT2D eigenvalue weighted by Crippen LogP contribution is -2.20. The maximum atomic E-state index is 13.0. The summed E-state index contributed by atoms with van der Waals surface area (Å²) >= 11 is 6.45. The Hall–Kier alpha value is -3.09. The number of carbonyl (C=O) groups excluding carboxylic acids is 1. The number of amides is 1. The van der Waals surface area contributed by atoms with E-state index >= 15 is 0 Å². The summed E-state index contributed by atoms with van der Waals surface area (Å²) in [5.41, 5.74) is 3.80. The number of anilines is 1. The van der Waals surface area contributed by atoms with Gasteiger partial charge in [0.2, 0.25) is 0 Å². The first-order chi connectivity index (χ1) is 15.9. The second-order valence-corrected chi connectivity index (χ2v) is 8.00. The molecule has 5 nitrogen and oxygen atoms in total. The van der Waals surface area contributed by atoms with Crippen LogP contribution in [0.4, 0.5) is 10.1 Å². The van der Waals surface area contributed by atoms with Crippen molar-refractivity contribution in [2.24, 2.45) is 0 Å². The predicted octanol–water partition coefficient (Wildman–Crippen LogP) is 5.54. The van der Waals surface area contributed by atoms with Gasteiger partial charge in [-0.25, -0.2) is 4.39 Å². The van der Waals surface area contributed by atoms with Crippen molar-refractivity contribution in [2.45, 2.75) is 26.8 Å². The van der Waals surface area contributed by atoms with Crippen LogP contribution >= 0.6 is 11.6 Å². The number of hydrogen-bond acceptors (Lipinski definition) is 4. The van der Waals surface area contributed by atoms with Crippen LogP contribution in [0.5, 0.6) is 11.5 Å². The summed E-state index contributed by atoms with van der Waals surface area (Å²) in [6.07, 6.45) is 0.781. The van der Waals surface area contributed by atoms with E-state index in [0.29, 0.717) is 35.4 Å². The number of benzene rings is 3. The number of nitrogens with one attached hydrogen (secondary N) is 2. The first-order valence-electron chi connectivity index (χ1n) is 10.8. The summed E-state index contributed by atoms with van der Waals surface area (Å²) < 4.78 is 24.4. The Morgan fingerprint density at radius 3 is 2.42 bits per heavy atom. The maximum Gasteiger partial charge on any atom is 0.262 e. The zero-order chi connectivity index (χ0) is 23.6. The van der Waals surface area contributed by atoms with E-state index in [0.717, 1.165) is 29.7 Å². The van der Waals surface area contributed by atoms with Gasteiger partial charge >= 0.3 is 0 Å². The molecule has 0 heterocycles. The van der Waals surface area contributed by atoms with Crippen LogP contribution in [0, 0.1) is 12.7 Å². The molecule has 3 aromatic rings. The Morgan fingerprint density at radius 2 is 1.73 bits per heavy atom. The van der Waals surface area contributed by atoms with Gasteiger partial charge < -0.3 is 20.1 Å². The van der Waals surface area contributed by atoms with E-state index in [1.165, 1.54) is 12.1 Å². The van der Waals surface area contributed by atoms with Gasteiger partial charge in [-0.05, 0) is 74.3 Å². The van der Waals surface area contributed by atoms with Crippen molar-refractivity contribution in [1.29, 1.82) is 0 Å². The Kier molecular flexibility index (Phi) is 9.10. The quantitative estimate of drug-likeness (QED) is 0.361. The average molecular weight is 471 g/mol. The molecule has 0 aliphatic heterocycles. The SMILES string of the molecule is CCOc1cc(CNCCc2ccc(F)cc2)cc(Cl)c1OCC(=O)Nc1ccc(C)cc1. The number of aryl methyl sites for hydroxylation is 1. The topological polar surface area (TPSA) is 59.6 Å². The van der Waals surface area contributed by atoms with Crippen molar-refractivity contribution >= 4 is 23.2 Å². The van der Waals surface area contributed by atoms with Crippen molar-refractivity contribution < 1.29 is 18.7 Å². The van der Waals surface area contributed by atoms with Crippen molar-refractivity contribution in [3.05, 3.63) is 88.2 Å². The van der Waals surface area contributed by atoms with Gasteiger partial charge in [0.1, 0.15) is 5.82 Å². The third-order valence-electron chi connectivity index (χ3n) is 4.88. The molecule has 0 atom stereocenters. The standard InChI is InChI=1S/C26H28ClFN2O3/c1-3-32-24-15-20(16-29-13-12-19-6-8-21(28)9-7-19)14-23(27)26(24)33-17-25(31)30-22-10-4-18(2)5-11-22/h4-11,14-15,29H,3,12-13,16-17H2,1-2H3,(H,30,31). The van der Waals surface area contributed by atoms with E-state index in [4.69, 9.17) is 21.1 Å². The minimum absolute atomic E-state index is 0.192. The summed E-state index contributed by atoms with van der Waals surface area (Å²) in [6.45, 7) is 5.40. The highest BCUT2D eigenvalue weighted by molar-refractivity contribution is 6.32. The summed E-state index contributed by atoms with van der Waals surface area (Å²) in [6, 6.07) is 17.7. The second-order valence-electron chi connectivity index (χ2n) is 7.59. The normalized spacial score (nSPS) is 10.7. The fourth-order valence-electron chi connectivity index (χ4n) is 3.21. The van der Waals surface area contributed by atoms with Gasteiger partial charge in [-0.2, -0.15) is 0 Å². The molecule has 0 saturated carbocycles. The van der Waals surface area contributed by atoms with Crippen LogP contribution in [0.3, 0.4) is 0 Å².